The fraction of sp³-hybridized carbons (Fsp3) is 0.900. The number of nitrogens with two attached hydrogens (primary N) is 1. The zero-order valence-electron chi connectivity index (χ0n) is 8.45. The number of morpholine rings is 1. The molecule has 0 saturated carbocycles. The predicted octanol–water partition coefficient (Wildman–Crippen LogP) is 0.916. The first-order chi connectivity index (χ1) is 6.74. The Labute approximate surface area is 90.6 Å². The Kier molecular flexibility index (Phi) is 3.36. The topological polar surface area (TPSA) is 38.5 Å². The smallest absolute Gasteiger partial charge is 0.0727 e. The Morgan fingerprint density at radius 1 is 1.36 bits per heavy atom. The van der Waals surface area contributed by atoms with Crippen LogP contribution < -0.4 is 5.73 Å². The Balaban J connectivity index is 1.69. The van der Waals surface area contributed by atoms with E-state index in [1.54, 1.807) is 0 Å². The third-order valence-corrected chi connectivity index (χ3v) is 3.22. The van der Waals surface area contributed by atoms with E-state index in [1.165, 1.54) is 12.8 Å². The van der Waals surface area contributed by atoms with Crippen molar-refractivity contribution < 1.29 is 4.74 Å². The molecule has 0 amide bonds. The van der Waals surface area contributed by atoms with E-state index in [1.807, 2.05) is 0 Å². The van der Waals surface area contributed by atoms with Crippen LogP contribution in [0.4, 0.5) is 0 Å². The summed E-state index contributed by atoms with van der Waals surface area (Å²) in [5.41, 5.74) is 5.46. The third-order valence-electron chi connectivity index (χ3n) is 3.02. The largest absolute Gasteiger partial charge is 0.393 e. The number of rotatable bonds is 4. The molecule has 2 atom stereocenters. The second-order valence-electron chi connectivity index (χ2n) is 4.29. The average molecular weight is 214 g/mol. The summed E-state index contributed by atoms with van der Waals surface area (Å²) in [7, 11) is 0. The average Bonchev–Trinajstić information content (AvgIpc) is 2.45. The molecule has 0 aliphatic carbocycles. The number of likely N-dealkylation sites (tertiary alicyclic amines) is 1. The standard InChI is InChI=1S/C10H18N2OS/c11-10(14)2-1-5-12-6-8-3-4-9(7-12)13-8/h8-9H,1-7H2,(H2,11,14). The van der Waals surface area contributed by atoms with E-state index in [2.05, 4.69) is 4.90 Å². The molecule has 14 heavy (non-hydrogen) atoms. The molecule has 2 aliphatic rings. The fourth-order valence-corrected chi connectivity index (χ4v) is 2.50. The SMILES string of the molecule is NC(=S)CCCN1CC2CCC(C1)O2. The minimum atomic E-state index is 0.499. The molecule has 0 aromatic carbocycles. The first-order valence-electron chi connectivity index (χ1n) is 5.40. The van der Waals surface area contributed by atoms with Gasteiger partial charge in [0, 0.05) is 13.1 Å². The molecule has 2 fully saturated rings. The normalized spacial score (nSPS) is 32.0. The lowest BCUT2D eigenvalue weighted by Gasteiger charge is -2.31. The van der Waals surface area contributed by atoms with Crippen molar-refractivity contribution in [3.05, 3.63) is 0 Å². The highest BCUT2D eigenvalue weighted by Gasteiger charge is 2.33. The van der Waals surface area contributed by atoms with Crippen LogP contribution in [0.1, 0.15) is 25.7 Å². The van der Waals surface area contributed by atoms with Crippen LogP contribution in [0.15, 0.2) is 0 Å². The van der Waals surface area contributed by atoms with Gasteiger partial charge in [-0.05, 0) is 32.2 Å². The van der Waals surface area contributed by atoms with E-state index in [4.69, 9.17) is 22.7 Å². The van der Waals surface area contributed by atoms with Gasteiger partial charge in [0.05, 0.1) is 17.2 Å². The molecular weight excluding hydrogens is 196 g/mol. The Morgan fingerprint density at radius 3 is 2.57 bits per heavy atom. The van der Waals surface area contributed by atoms with Crippen LogP contribution in [0.2, 0.25) is 0 Å². The number of hydrogen-bond acceptors (Lipinski definition) is 3. The first kappa shape index (κ1) is 10.3. The van der Waals surface area contributed by atoms with Crippen molar-refractivity contribution in [2.75, 3.05) is 19.6 Å². The van der Waals surface area contributed by atoms with Gasteiger partial charge < -0.3 is 10.5 Å². The van der Waals surface area contributed by atoms with Crippen LogP contribution >= 0.6 is 12.2 Å². The predicted molar refractivity (Wildman–Crippen MR) is 60.4 cm³/mol. The number of thiocarbonyl (C=S) groups is 1. The molecule has 0 aromatic heterocycles. The van der Waals surface area contributed by atoms with Crippen LogP contribution in [0.25, 0.3) is 0 Å². The maximum atomic E-state index is 5.76. The van der Waals surface area contributed by atoms with Gasteiger partial charge in [0.2, 0.25) is 0 Å². The van der Waals surface area contributed by atoms with Crippen molar-refractivity contribution in [2.24, 2.45) is 5.73 Å². The summed E-state index contributed by atoms with van der Waals surface area (Å²) in [4.78, 5) is 3.13. The summed E-state index contributed by atoms with van der Waals surface area (Å²) in [5, 5.41) is 0. The third kappa shape index (κ3) is 2.65. The van der Waals surface area contributed by atoms with E-state index in [0.717, 1.165) is 32.5 Å². The van der Waals surface area contributed by atoms with E-state index in [9.17, 15) is 0 Å². The van der Waals surface area contributed by atoms with Gasteiger partial charge in [-0.1, -0.05) is 12.2 Å². The van der Waals surface area contributed by atoms with Gasteiger partial charge in [-0.25, -0.2) is 0 Å². The molecule has 2 aliphatic heterocycles. The van der Waals surface area contributed by atoms with Gasteiger partial charge in [0.25, 0.3) is 0 Å². The van der Waals surface area contributed by atoms with Crippen molar-refractivity contribution in [3.8, 4) is 0 Å². The van der Waals surface area contributed by atoms with Crippen LogP contribution in [-0.2, 0) is 4.74 Å². The molecule has 2 bridgehead atoms. The zero-order valence-corrected chi connectivity index (χ0v) is 9.26. The van der Waals surface area contributed by atoms with Gasteiger partial charge >= 0.3 is 0 Å². The molecule has 2 saturated heterocycles. The van der Waals surface area contributed by atoms with Gasteiger partial charge in [-0.3, -0.25) is 4.90 Å². The van der Waals surface area contributed by atoms with Gasteiger partial charge in [0.1, 0.15) is 0 Å². The molecule has 3 nitrogen and oxygen atoms in total. The van der Waals surface area contributed by atoms with Crippen molar-refractivity contribution in [2.45, 2.75) is 37.9 Å². The van der Waals surface area contributed by atoms with E-state index < -0.39 is 0 Å². The van der Waals surface area contributed by atoms with Crippen molar-refractivity contribution in [3.63, 3.8) is 0 Å². The summed E-state index contributed by atoms with van der Waals surface area (Å²) in [6.45, 7) is 3.33. The lowest BCUT2D eigenvalue weighted by atomic mass is 10.2. The Bertz CT molecular complexity index is 210. The molecule has 0 aromatic rings. The van der Waals surface area contributed by atoms with Crippen molar-refractivity contribution in [1.82, 2.24) is 4.90 Å². The molecule has 2 unspecified atom stereocenters. The minimum absolute atomic E-state index is 0.499. The molecule has 2 rings (SSSR count). The summed E-state index contributed by atoms with van der Waals surface area (Å²) in [6, 6.07) is 0. The molecule has 2 heterocycles. The summed E-state index contributed by atoms with van der Waals surface area (Å²) < 4.78 is 5.76. The van der Waals surface area contributed by atoms with Gasteiger partial charge in [-0.2, -0.15) is 0 Å². The maximum absolute atomic E-state index is 5.76. The molecule has 2 N–H and O–H groups in total. The highest BCUT2D eigenvalue weighted by molar-refractivity contribution is 7.80. The second-order valence-corrected chi connectivity index (χ2v) is 4.81. The molecule has 80 valence electrons. The second kappa shape index (κ2) is 4.55. The van der Waals surface area contributed by atoms with Crippen molar-refractivity contribution in [1.29, 1.82) is 0 Å². The van der Waals surface area contributed by atoms with Crippen LogP contribution in [0, 0.1) is 0 Å². The number of hydrogen-bond donors (Lipinski definition) is 1. The summed E-state index contributed by atoms with van der Waals surface area (Å²) in [6.07, 6.45) is 5.46. The summed E-state index contributed by atoms with van der Waals surface area (Å²) >= 11 is 4.86. The van der Waals surface area contributed by atoms with Crippen LogP contribution in [0.5, 0.6) is 0 Å². The van der Waals surface area contributed by atoms with Gasteiger partial charge in [0.15, 0.2) is 0 Å². The van der Waals surface area contributed by atoms with E-state index >= 15 is 0 Å². The van der Waals surface area contributed by atoms with Crippen LogP contribution in [0.3, 0.4) is 0 Å². The maximum Gasteiger partial charge on any atom is 0.0727 e. The first-order valence-corrected chi connectivity index (χ1v) is 5.81. The van der Waals surface area contributed by atoms with Crippen molar-refractivity contribution >= 4 is 17.2 Å². The Morgan fingerprint density at radius 2 is 2.00 bits per heavy atom. The number of ether oxygens (including phenoxy) is 1. The number of fused-ring (bicyclic) bond motifs is 2. The van der Waals surface area contributed by atoms with Gasteiger partial charge in [-0.15, -0.1) is 0 Å². The molecule has 0 spiro atoms. The monoisotopic (exact) mass is 214 g/mol. The van der Waals surface area contributed by atoms with Crippen LogP contribution in [-0.4, -0.2) is 41.7 Å². The quantitative estimate of drug-likeness (QED) is 0.706. The Hall–Kier alpha value is -0.190. The minimum Gasteiger partial charge on any atom is -0.393 e. The lowest BCUT2D eigenvalue weighted by Crippen LogP contribution is -2.43. The molecule has 0 radical (unpaired) electrons. The highest BCUT2D eigenvalue weighted by Crippen LogP contribution is 2.26. The van der Waals surface area contributed by atoms with E-state index in [-0.39, 0.29) is 0 Å². The molecule has 4 heteroatoms. The lowest BCUT2D eigenvalue weighted by molar-refractivity contribution is -0.0382. The fourth-order valence-electron chi connectivity index (χ4n) is 2.36. The molecular formula is C10H18N2OS. The zero-order chi connectivity index (χ0) is 9.97. The highest BCUT2D eigenvalue weighted by atomic mass is 32.1. The summed E-state index contributed by atoms with van der Waals surface area (Å²) in [5.74, 6) is 0. The number of nitrogens with zero attached hydrogens (tertiary/aromatic N) is 1. The van der Waals surface area contributed by atoms with E-state index in [0.29, 0.717) is 17.2 Å².